The molecule has 0 aliphatic rings. The summed E-state index contributed by atoms with van der Waals surface area (Å²) in [5.41, 5.74) is 7.99. The van der Waals surface area contributed by atoms with E-state index in [4.69, 9.17) is 5.73 Å². The third-order valence-electron chi connectivity index (χ3n) is 2.47. The van der Waals surface area contributed by atoms with Crippen LogP contribution in [-0.2, 0) is 13.5 Å². The molecule has 0 unspecified atom stereocenters. The number of aryl methyl sites for hydroxylation is 2. The van der Waals surface area contributed by atoms with Crippen LogP contribution < -0.4 is 11.1 Å². The lowest BCUT2D eigenvalue weighted by Gasteiger charge is -2.03. The van der Waals surface area contributed by atoms with Gasteiger partial charge in [0.25, 0.3) is 5.91 Å². The van der Waals surface area contributed by atoms with Crippen molar-refractivity contribution in [3.8, 4) is 0 Å². The number of amides is 1. The Labute approximate surface area is 98.0 Å². The molecule has 4 N–H and O–H groups in total. The zero-order chi connectivity index (χ0) is 12.4. The monoisotopic (exact) mass is 234 g/mol. The Morgan fingerprint density at radius 3 is 2.94 bits per heavy atom. The van der Waals surface area contributed by atoms with E-state index in [-0.39, 0.29) is 5.91 Å². The Morgan fingerprint density at radius 1 is 1.65 bits per heavy atom. The molecule has 0 aliphatic heterocycles. The third kappa shape index (κ3) is 1.99. The third-order valence-corrected chi connectivity index (χ3v) is 2.47. The fourth-order valence-electron chi connectivity index (χ4n) is 1.64. The first-order valence-corrected chi connectivity index (χ1v) is 5.25. The number of nitrogen functional groups attached to an aromatic ring is 1. The SMILES string of the molecule is CCc1nn(C)c(C(=O)Nc2cn[nH]c2)c1N. The highest BCUT2D eigenvalue weighted by Gasteiger charge is 2.19. The van der Waals surface area contributed by atoms with Gasteiger partial charge in [0.1, 0.15) is 5.69 Å². The number of nitrogens with one attached hydrogen (secondary N) is 2. The van der Waals surface area contributed by atoms with Gasteiger partial charge in [0.15, 0.2) is 0 Å². The molecular weight excluding hydrogens is 220 g/mol. The Hall–Kier alpha value is -2.31. The van der Waals surface area contributed by atoms with Crippen LogP contribution in [0.2, 0.25) is 0 Å². The highest BCUT2D eigenvalue weighted by Crippen LogP contribution is 2.18. The van der Waals surface area contributed by atoms with Gasteiger partial charge in [0, 0.05) is 13.2 Å². The number of H-pyrrole nitrogens is 1. The van der Waals surface area contributed by atoms with Gasteiger partial charge in [-0.3, -0.25) is 14.6 Å². The average Bonchev–Trinajstić information content (AvgIpc) is 2.87. The highest BCUT2D eigenvalue weighted by molar-refractivity contribution is 6.06. The number of nitrogens with zero attached hydrogens (tertiary/aromatic N) is 3. The second-order valence-electron chi connectivity index (χ2n) is 3.63. The summed E-state index contributed by atoms with van der Waals surface area (Å²) in [6.45, 7) is 1.94. The summed E-state index contributed by atoms with van der Waals surface area (Å²) >= 11 is 0. The van der Waals surface area contributed by atoms with Crippen molar-refractivity contribution in [3.63, 3.8) is 0 Å². The molecule has 1 amide bonds. The van der Waals surface area contributed by atoms with Gasteiger partial charge in [-0.2, -0.15) is 10.2 Å². The fraction of sp³-hybridized carbons (Fsp3) is 0.300. The number of aromatic nitrogens is 4. The van der Waals surface area contributed by atoms with E-state index in [0.717, 1.165) is 5.69 Å². The van der Waals surface area contributed by atoms with Crippen LogP contribution in [0.4, 0.5) is 11.4 Å². The molecule has 0 saturated carbocycles. The summed E-state index contributed by atoms with van der Waals surface area (Å²) in [6, 6.07) is 0. The molecule has 17 heavy (non-hydrogen) atoms. The minimum Gasteiger partial charge on any atom is -0.395 e. The fourth-order valence-corrected chi connectivity index (χ4v) is 1.64. The van der Waals surface area contributed by atoms with Crippen molar-refractivity contribution in [2.75, 3.05) is 11.1 Å². The molecule has 2 rings (SSSR count). The van der Waals surface area contributed by atoms with Crippen LogP contribution in [0.3, 0.4) is 0 Å². The summed E-state index contributed by atoms with van der Waals surface area (Å²) in [7, 11) is 1.69. The van der Waals surface area contributed by atoms with Gasteiger partial charge in [-0.25, -0.2) is 0 Å². The maximum Gasteiger partial charge on any atom is 0.276 e. The smallest absolute Gasteiger partial charge is 0.276 e. The molecule has 2 heterocycles. The predicted octanol–water partition coefficient (Wildman–Crippen LogP) is 0.540. The lowest BCUT2D eigenvalue weighted by Crippen LogP contribution is -2.17. The summed E-state index contributed by atoms with van der Waals surface area (Å²) in [5.74, 6) is -0.293. The number of carbonyl (C=O) groups is 1. The Balaban J connectivity index is 2.28. The zero-order valence-electron chi connectivity index (χ0n) is 9.69. The molecule has 0 aliphatic carbocycles. The Bertz CT molecular complexity index is 527. The molecule has 7 nitrogen and oxygen atoms in total. The number of aromatic amines is 1. The molecule has 2 aromatic rings. The maximum absolute atomic E-state index is 12.0. The van der Waals surface area contributed by atoms with Crippen LogP contribution in [0, 0.1) is 0 Å². The number of carbonyl (C=O) groups excluding carboxylic acids is 1. The maximum atomic E-state index is 12.0. The van der Waals surface area contributed by atoms with E-state index in [1.54, 1.807) is 13.2 Å². The normalized spacial score (nSPS) is 10.5. The van der Waals surface area contributed by atoms with E-state index in [2.05, 4.69) is 20.6 Å². The van der Waals surface area contributed by atoms with Crippen molar-refractivity contribution in [2.24, 2.45) is 7.05 Å². The molecule has 0 radical (unpaired) electrons. The summed E-state index contributed by atoms with van der Waals surface area (Å²) < 4.78 is 1.49. The number of hydrogen-bond donors (Lipinski definition) is 3. The van der Waals surface area contributed by atoms with Gasteiger partial charge in [-0.15, -0.1) is 0 Å². The molecule has 7 heteroatoms. The summed E-state index contributed by atoms with van der Waals surface area (Å²) in [4.78, 5) is 12.0. The molecule has 0 aromatic carbocycles. The molecule has 0 atom stereocenters. The van der Waals surface area contributed by atoms with Gasteiger partial charge in [-0.05, 0) is 6.42 Å². The van der Waals surface area contributed by atoms with Gasteiger partial charge in [-0.1, -0.05) is 6.92 Å². The molecule has 90 valence electrons. The van der Waals surface area contributed by atoms with Crippen LogP contribution in [0.25, 0.3) is 0 Å². The minimum atomic E-state index is -0.293. The van der Waals surface area contributed by atoms with Gasteiger partial charge >= 0.3 is 0 Å². The van der Waals surface area contributed by atoms with Crippen molar-refractivity contribution in [1.82, 2.24) is 20.0 Å². The number of hydrogen-bond acceptors (Lipinski definition) is 4. The predicted molar refractivity (Wildman–Crippen MR) is 63.5 cm³/mol. The zero-order valence-corrected chi connectivity index (χ0v) is 9.69. The average molecular weight is 234 g/mol. The van der Waals surface area contributed by atoms with Crippen LogP contribution in [0.5, 0.6) is 0 Å². The van der Waals surface area contributed by atoms with Crippen molar-refractivity contribution < 1.29 is 4.79 Å². The lowest BCUT2D eigenvalue weighted by atomic mass is 10.2. The van der Waals surface area contributed by atoms with E-state index in [9.17, 15) is 4.79 Å². The quantitative estimate of drug-likeness (QED) is 0.721. The van der Waals surface area contributed by atoms with Crippen LogP contribution >= 0.6 is 0 Å². The van der Waals surface area contributed by atoms with Crippen LogP contribution in [0.1, 0.15) is 23.1 Å². The van der Waals surface area contributed by atoms with Crippen molar-refractivity contribution >= 4 is 17.3 Å². The first kappa shape index (κ1) is 11.2. The Kier molecular flexibility index (Phi) is 2.82. The van der Waals surface area contributed by atoms with Gasteiger partial charge in [0.05, 0.1) is 23.3 Å². The molecule has 0 bridgehead atoms. The van der Waals surface area contributed by atoms with E-state index in [1.165, 1.54) is 10.9 Å². The van der Waals surface area contributed by atoms with E-state index >= 15 is 0 Å². The number of rotatable bonds is 3. The van der Waals surface area contributed by atoms with Crippen molar-refractivity contribution in [3.05, 3.63) is 23.8 Å². The summed E-state index contributed by atoms with van der Waals surface area (Å²) in [5, 5.41) is 13.2. The van der Waals surface area contributed by atoms with E-state index < -0.39 is 0 Å². The van der Waals surface area contributed by atoms with E-state index in [1.807, 2.05) is 6.92 Å². The highest BCUT2D eigenvalue weighted by atomic mass is 16.2. The number of nitrogens with two attached hydrogens (primary N) is 1. The second kappa shape index (κ2) is 4.28. The first-order valence-electron chi connectivity index (χ1n) is 5.25. The standard InChI is InChI=1S/C10H14N6O/c1-3-7-8(11)9(16(2)15-7)10(17)14-6-4-12-13-5-6/h4-5H,3,11H2,1-2H3,(H,12,13)(H,14,17). The van der Waals surface area contributed by atoms with Crippen molar-refractivity contribution in [2.45, 2.75) is 13.3 Å². The van der Waals surface area contributed by atoms with E-state index in [0.29, 0.717) is 23.5 Å². The summed E-state index contributed by atoms with van der Waals surface area (Å²) in [6.07, 6.45) is 3.80. The first-order chi connectivity index (χ1) is 8.13. The largest absolute Gasteiger partial charge is 0.395 e. The second-order valence-corrected chi connectivity index (χ2v) is 3.63. The van der Waals surface area contributed by atoms with Gasteiger partial charge < -0.3 is 11.1 Å². The van der Waals surface area contributed by atoms with Crippen LogP contribution in [0.15, 0.2) is 12.4 Å². The molecular formula is C10H14N6O. The van der Waals surface area contributed by atoms with Crippen molar-refractivity contribution in [1.29, 1.82) is 0 Å². The number of anilines is 2. The van der Waals surface area contributed by atoms with Gasteiger partial charge in [0.2, 0.25) is 0 Å². The molecule has 0 saturated heterocycles. The molecule has 0 fully saturated rings. The van der Waals surface area contributed by atoms with Crippen LogP contribution in [-0.4, -0.2) is 25.9 Å². The molecule has 0 spiro atoms. The molecule has 2 aromatic heterocycles. The lowest BCUT2D eigenvalue weighted by molar-refractivity contribution is 0.101. The Morgan fingerprint density at radius 2 is 2.41 bits per heavy atom. The minimum absolute atomic E-state index is 0.293. The topological polar surface area (TPSA) is 102 Å².